The molecule has 0 radical (unpaired) electrons. The van der Waals surface area contributed by atoms with Gasteiger partial charge in [-0.05, 0) is 58.7 Å². The molecule has 3 aromatic rings. The third-order valence-electron chi connectivity index (χ3n) is 4.77. The summed E-state index contributed by atoms with van der Waals surface area (Å²) in [5, 5.41) is 0. The van der Waals surface area contributed by atoms with Crippen LogP contribution in [0.15, 0.2) is 59.5 Å². The van der Waals surface area contributed by atoms with Crippen LogP contribution in [-0.2, 0) is 9.84 Å². The van der Waals surface area contributed by atoms with Crippen LogP contribution in [0.4, 0.5) is 0 Å². The highest BCUT2D eigenvalue weighted by Crippen LogP contribution is 2.44. The second kappa shape index (κ2) is 7.33. The highest BCUT2D eigenvalue weighted by Gasteiger charge is 2.20. The van der Waals surface area contributed by atoms with Gasteiger partial charge >= 0.3 is 0 Å². The molecule has 7 heteroatoms. The SMILES string of the molecule is COc1cc(OC)cc(-c2cc3c(cc2-c2ccc(S(C)(=O)=O)cc2)OCO3)c1. The molecule has 0 bridgehead atoms. The van der Waals surface area contributed by atoms with E-state index in [2.05, 4.69) is 0 Å². The number of hydrogen-bond acceptors (Lipinski definition) is 6. The van der Waals surface area contributed by atoms with Crippen LogP contribution >= 0.6 is 0 Å². The van der Waals surface area contributed by atoms with E-state index in [1.165, 1.54) is 6.26 Å². The van der Waals surface area contributed by atoms with Gasteiger partial charge in [0.05, 0.1) is 19.1 Å². The Kier molecular flexibility index (Phi) is 4.84. The van der Waals surface area contributed by atoms with E-state index in [4.69, 9.17) is 18.9 Å². The van der Waals surface area contributed by atoms with Gasteiger partial charge in [-0.1, -0.05) is 12.1 Å². The number of benzene rings is 3. The Morgan fingerprint density at radius 3 is 1.76 bits per heavy atom. The molecule has 0 aliphatic carbocycles. The van der Waals surface area contributed by atoms with Crippen molar-refractivity contribution in [1.82, 2.24) is 0 Å². The fourth-order valence-corrected chi connectivity index (χ4v) is 3.89. The Balaban J connectivity index is 1.91. The summed E-state index contributed by atoms with van der Waals surface area (Å²) in [6.07, 6.45) is 1.19. The van der Waals surface area contributed by atoms with Gasteiger partial charge in [0.2, 0.25) is 6.79 Å². The van der Waals surface area contributed by atoms with E-state index in [1.807, 2.05) is 24.3 Å². The smallest absolute Gasteiger partial charge is 0.231 e. The lowest BCUT2D eigenvalue weighted by atomic mass is 9.93. The monoisotopic (exact) mass is 412 g/mol. The number of hydrogen-bond donors (Lipinski definition) is 0. The van der Waals surface area contributed by atoms with Crippen LogP contribution in [0.2, 0.25) is 0 Å². The van der Waals surface area contributed by atoms with Crippen molar-refractivity contribution in [3.63, 3.8) is 0 Å². The van der Waals surface area contributed by atoms with Crippen LogP contribution in [-0.4, -0.2) is 35.7 Å². The summed E-state index contributed by atoms with van der Waals surface area (Å²) in [5.41, 5.74) is 3.50. The van der Waals surface area contributed by atoms with Gasteiger partial charge in [0.1, 0.15) is 11.5 Å². The summed E-state index contributed by atoms with van der Waals surface area (Å²) >= 11 is 0. The van der Waals surface area contributed by atoms with Gasteiger partial charge in [-0.2, -0.15) is 0 Å². The summed E-state index contributed by atoms with van der Waals surface area (Å²) in [6.45, 7) is 0.159. The Morgan fingerprint density at radius 1 is 0.759 bits per heavy atom. The van der Waals surface area contributed by atoms with E-state index >= 15 is 0 Å². The number of rotatable bonds is 5. The molecule has 0 saturated heterocycles. The number of ether oxygens (including phenoxy) is 4. The number of sulfone groups is 1. The van der Waals surface area contributed by atoms with Gasteiger partial charge in [-0.15, -0.1) is 0 Å². The predicted octanol–water partition coefficient (Wildman–Crippen LogP) is 4.17. The summed E-state index contributed by atoms with van der Waals surface area (Å²) in [6, 6.07) is 16.2. The molecule has 1 aliphatic heterocycles. The molecule has 4 rings (SSSR count). The van der Waals surface area contributed by atoms with Crippen LogP contribution < -0.4 is 18.9 Å². The maximum Gasteiger partial charge on any atom is 0.231 e. The van der Waals surface area contributed by atoms with E-state index in [0.717, 1.165) is 22.3 Å². The molecule has 1 heterocycles. The molecule has 0 spiro atoms. The lowest BCUT2D eigenvalue weighted by Gasteiger charge is -2.14. The minimum absolute atomic E-state index is 0.159. The average Bonchev–Trinajstić information content (AvgIpc) is 3.19. The molecule has 1 aliphatic rings. The van der Waals surface area contributed by atoms with Crippen molar-refractivity contribution in [2.24, 2.45) is 0 Å². The van der Waals surface area contributed by atoms with Gasteiger partial charge < -0.3 is 18.9 Å². The molecule has 150 valence electrons. The van der Waals surface area contributed by atoms with E-state index < -0.39 is 9.84 Å². The van der Waals surface area contributed by atoms with Crippen molar-refractivity contribution in [2.75, 3.05) is 27.3 Å². The van der Waals surface area contributed by atoms with Crippen molar-refractivity contribution < 1.29 is 27.4 Å². The van der Waals surface area contributed by atoms with Crippen molar-refractivity contribution in [2.45, 2.75) is 4.90 Å². The van der Waals surface area contributed by atoms with Crippen LogP contribution in [0.1, 0.15) is 0 Å². The minimum atomic E-state index is -3.27. The second-order valence-electron chi connectivity index (χ2n) is 6.65. The molecule has 29 heavy (non-hydrogen) atoms. The topological polar surface area (TPSA) is 71.1 Å². The molecule has 6 nitrogen and oxygen atoms in total. The first-order valence-electron chi connectivity index (χ1n) is 8.86. The van der Waals surface area contributed by atoms with Gasteiger partial charge in [-0.25, -0.2) is 8.42 Å². The molecule has 0 saturated carbocycles. The van der Waals surface area contributed by atoms with Crippen molar-refractivity contribution in [3.05, 3.63) is 54.6 Å². The van der Waals surface area contributed by atoms with Gasteiger partial charge in [0.15, 0.2) is 21.3 Å². The van der Waals surface area contributed by atoms with E-state index in [0.29, 0.717) is 23.0 Å². The Labute approximate surface area is 169 Å². The van der Waals surface area contributed by atoms with Crippen molar-refractivity contribution in [3.8, 4) is 45.3 Å². The first-order valence-corrected chi connectivity index (χ1v) is 10.8. The molecule has 0 aromatic heterocycles. The standard InChI is InChI=1S/C22H20O6S/c1-25-16-8-15(9-17(10-16)26-2)20-12-22-21(27-13-28-22)11-19(20)14-4-6-18(7-5-14)29(3,23)24/h4-12H,13H2,1-3H3. The van der Waals surface area contributed by atoms with Gasteiger partial charge in [-0.3, -0.25) is 0 Å². The Morgan fingerprint density at radius 2 is 1.28 bits per heavy atom. The van der Waals surface area contributed by atoms with E-state index in [9.17, 15) is 8.42 Å². The van der Waals surface area contributed by atoms with E-state index in [1.54, 1.807) is 44.6 Å². The summed E-state index contributed by atoms with van der Waals surface area (Å²) < 4.78 is 45.5. The molecular weight excluding hydrogens is 392 g/mol. The number of fused-ring (bicyclic) bond motifs is 1. The maximum atomic E-state index is 11.8. The molecule has 0 fully saturated rings. The Hall–Kier alpha value is -3.19. The normalized spacial score (nSPS) is 12.7. The minimum Gasteiger partial charge on any atom is -0.497 e. The molecule has 0 atom stereocenters. The zero-order valence-corrected chi connectivity index (χ0v) is 17.1. The highest BCUT2D eigenvalue weighted by atomic mass is 32.2. The van der Waals surface area contributed by atoms with Gasteiger partial charge in [0.25, 0.3) is 0 Å². The van der Waals surface area contributed by atoms with Crippen molar-refractivity contribution >= 4 is 9.84 Å². The molecular formula is C22H20O6S. The average molecular weight is 412 g/mol. The highest BCUT2D eigenvalue weighted by molar-refractivity contribution is 7.90. The third kappa shape index (κ3) is 3.73. The zero-order chi connectivity index (χ0) is 20.6. The third-order valence-corrected chi connectivity index (χ3v) is 5.90. The Bertz CT molecular complexity index is 1140. The largest absolute Gasteiger partial charge is 0.497 e. The maximum absolute atomic E-state index is 11.8. The first-order chi connectivity index (χ1) is 13.9. The van der Waals surface area contributed by atoms with Crippen LogP contribution in [0.25, 0.3) is 22.3 Å². The first kappa shape index (κ1) is 19.1. The second-order valence-corrected chi connectivity index (χ2v) is 8.66. The number of methoxy groups -OCH3 is 2. The van der Waals surface area contributed by atoms with E-state index in [-0.39, 0.29) is 11.7 Å². The molecule has 0 unspecified atom stereocenters. The van der Waals surface area contributed by atoms with Crippen molar-refractivity contribution in [1.29, 1.82) is 0 Å². The fraction of sp³-hybridized carbons (Fsp3) is 0.182. The quantitative estimate of drug-likeness (QED) is 0.626. The molecule has 0 amide bonds. The molecule has 0 N–H and O–H groups in total. The summed E-state index contributed by atoms with van der Waals surface area (Å²) in [5.74, 6) is 2.62. The summed E-state index contributed by atoms with van der Waals surface area (Å²) in [4.78, 5) is 0.270. The lowest BCUT2D eigenvalue weighted by Crippen LogP contribution is -1.96. The van der Waals surface area contributed by atoms with Gasteiger partial charge in [0, 0.05) is 12.3 Å². The lowest BCUT2D eigenvalue weighted by molar-refractivity contribution is 0.174. The van der Waals surface area contributed by atoms with Crippen LogP contribution in [0.5, 0.6) is 23.0 Å². The predicted molar refractivity (Wildman–Crippen MR) is 110 cm³/mol. The van der Waals surface area contributed by atoms with Crippen LogP contribution in [0.3, 0.4) is 0 Å². The zero-order valence-electron chi connectivity index (χ0n) is 16.3. The fourth-order valence-electron chi connectivity index (χ4n) is 3.26. The molecule has 3 aromatic carbocycles. The summed E-state index contributed by atoms with van der Waals surface area (Å²) in [7, 11) is -0.0689. The van der Waals surface area contributed by atoms with Crippen LogP contribution in [0, 0.1) is 0 Å².